The number of carbonyl (C=O) groups is 1. The maximum absolute atomic E-state index is 11.1. The van der Waals surface area contributed by atoms with Crippen LogP contribution in [0.4, 0.5) is 0 Å². The van der Waals surface area contributed by atoms with Gasteiger partial charge in [0.1, 0.15) is 12.0 Å². The van der Waals surface area contributed by atoms with E-state index in [2.05, 4.69) is 0 Å². The summed E-state index contributed by atoms with van der Waals surface area (Å²) >= 11 is 0. The van der Waals surface area contributed by atoms with Gasteiger partial charge in [0.05, 0.1) is 0 Å². The summed E-state index contributed by atoms with van der Waals surface area (Å²) in [7, 11) is 0. The molecular formula is C14H19NO2. The summed E-state index contributed by atoms with van der Waals surface area (Å²) < 4.78 is 0. The molecule has 0 radical (unpaired) electrons. The predicted molar refractivity (Wildman–Crippen MR) is 67.3 cm³/mol. The molecule has 3 heteroatoms. The molecule has 1 aromatic rings. The smallest absolute Gasteiger partial charge is 0.150 e. The largest absolute Gasteiger partial charge is 0.508 e. The quantitative estimate of drug-likeness (QED) is 0.788. The van der Waals surface area contributed by atoms with Crippen LogP contribution in [-0.4, -0.2) is 17.9 Å². The van der Waals surface area contributed by atoms with Gasteiger partial charge in [-0.25, -0.2) is 0 Å². The minimum absolute atomic E-state index is 0.0673. The van der Waals surface area contributed by atoms with Crippen LogP contribution in [0.5, 0.6) is 5.75 Å². The zero-order valence-electron chi connectivity index (χ0n) is 9.98. The SMILES string of the molecule is NCC1(c2ccc(O)cc2C=O)CCCCC1. The summed E-state index contributed by atoms with van der Waals surface area (Å²) in [6.45, 7) is 0.568. The Morgan fingerprint density at radius 2 is 2.00 bits per heavy atom. The van der Waals surface area contributed by atoms with Crippen molar-refractivity contribution in [1.29, 1.82) is 0 Å². The number of hydrogen-bond donors (Lipinski definition) is 2. The van der Waals surface area contributed by atoms with E-state index < -0.39 is 0 Å². The van der Waals surface area contributed by atoms with Crippen molar-refractivity contribution in [3.05, 3.63) is 29.3 Å². The molecule has 0 heterocycles. The number of benzene rings is 1. The van der Waals surface area contributed by atoms with E-state index in [1.165, 1.54) is 12.5 Å². The third-order valence-electron chi connectivity index (χ3n) is 3.93. The number of aromatic hydroxyl groups is 1. The van der Waals surface area contributed by atoms with Crippen LogP contribution in [0.1, 0.15) is 48.0 Å². The molecule has 1 aromatic carbocycles. The zero-order valence-corrected chi connectivity index (χ0v) is 9.98. The lowest BCUT2D eigenvalue weighted by atomic mass is 9.68. The molecule has 2 rings (SSSR count). The number of nitrogens with two attached hydrogens (primary N) is 1. The van der Waals surface area contributed by atoms with Crippen LogP contribution >= 0.6 is 0 Å². The number of rotatable bonds is 3. The van der Waals surface area contributed by atoms with Crippen LogP contribution in [0, 0.1) is 0 Å². The molecule has 0 atom stereocenters. The van der Waals surface area contributed by atoms with Gasteiger partial charge < -0.3 is 10.8 Å². The molecule has 0 saturated heterocycles. The first-order valence-corrected chi connectivity index (χ1v) is 6.20. The van der Waals surface area contributed by atoms with E-state index in [9.17, 15) is 9.90 Å². The fourth-order valence-electron chi connectivity index (χ4n) is 2.94. The van der Waals surface area contributed by atoms with Gasteiger partial charge in [-0.15, -0.1) is 0 Å². The van der Waals surface area contributed by atoms with Crippen LogP contribution in [0.2, 0.25) is 0 Å². The average Bonchev–Trinajstić information content (AvgIpc) is 2.39. The van der Waals surface area contributed by atoms with Crippen molar-refractivity contribution in [3.8, 4) is 5.75 Å². The standard InChI is InChI=1S/C14H19NO2/c15-10-14(6-2-1-3-7-14)13-5-4-12(17)8-11(13)9-16/h4-5,8-9,17H,1-3,6-7,10,15H2. The Kier molecular flexibility index (Phi) is 3.48. The molecule has 1 aliphatic carbocycles. The lowest BCUT2D eigenvalue weighted by molar-refractivity contribution is 0.111. The number of carbonyl (C=O) groups excluding carboxylic acids is 1. The fraction of sp³-hybridized carbons (Fsp3) is 0.500. The van der Waals surface area contributed by atoms with Crippen LogP contribution in [0.25, 0.3) is 0 Å². The van der Waals surface area contributed by atoms with Crippen LogP contribution in [0.15, 0.2) is 18.2 Å². The van der Waals surface area contributed by atoms with Gasteiger partial charge in [-0.05, 0) is 30.5 Å². The first kappa shape index (κ1) is 12.1. The molecule has 0 amide bonds. The number of phenols is 1. The lowest BCUT2D eigenvalue weighted by Gasteiger charge is -2.37. The molecule has 1 aliphatic rings. The Morgan fingerprint density at radius 1 is 1.29 bits per heavy atom. The molecule has 1 saturated carbocycles. The topological polar surface area (TPSA) is 63.3 Å². The minimum Gasteiger partial charge on any atom is -0.508 e. The molecule has 3 nitrogen and oxygen atoms in total. The van der Waals surface area contributed by atoms with E-state index >= 15 is 0 Å². The Morgan fingerprint density at radius 3 is 2.59 bits per heavy atom. The second-order valence-corrected chi connectivity index (χ2v) is 4.93. The van der Waals surface area contributed by atoms with Crippen LogP contribution in [-0.2, 0) is 5.41 Å². The van der Waals surface area contributed by atoms with Gasteiger partial charge in [0.2, 0.25) is 0 Å². The number of aldehydes is 1. The highest BCUT2D eigenvalue weighted by molar-refractivity contribution is 5.79. The van der Waals surface area contributed by atoms with E-state index in [-0.39, 0.29) is 11.2 Å². The van der Waals surface area contributed by atoms with Gasteiger partial charge in [-0.3, -0.25) is 4.79 Å². The summed E-state index contributed by atoms with van der Waals surface area (Å²) in [6, 6.07) is 5.04. The van der Waals surface area contributed by atoms with Gasteiger partial charge in [0, 0.05) is 17.5 Å². The Labute approximate surface area is 102 Å². The summed E-state index contributed by atoms with van der Waals surface area (Å²) in [6.07, 6.45) is 6.47. The lowest BCUT2D eigenvalue weighted by Crippen LogP contribution is -2.38. The molecule has 17 heavy (non-hydrogen) atoms. The van der Waals surface area contributed by atoms with Gasteiger partial charge in [0.25, 0.3) is 0 Å². The normalized spacial score (nSPS) is 18.9. The van der Waals surface area contributed by atoms with Crippen molar-refractivity contribution in [1.82, 2.24) is 0 Å². The second-order valence-electron chi connectivity index (χ2n) is 4.93. The molecule has 0 spiro atoms. The average molecular weight is 233 g/mol. The summed E-state index contributed by atoms with van der Waals surface area (Å²) in [5.41, 5.74) is 7.47. The molecule has 92 valence electrons. The highest BCUT2D eigenvalue weighted by Crippen LogP contribution is 2.40. The minimum atomic E-state index is -0.0673. The van der Waals surface area contributed by atoms with Gasteiger partial charge >= 0.3 is 0 Å². The maximum atomic E-state index is 11.1. The molecular weight excluding hydrogens is 214 g/mol. The van der Waals surface area contributed by atoms with Gasteiger partial charge in [0.15, 0.2) is 0 Å². The van der Waals surface area contributed by atoms with Gasteiger partial charge in [-0.1, -0.05) is 25.3 Å². The summed E-state index contributed by atoms with van der Waals surface area (Å²) in [5.74, 6) is 0.138. The van der Waals surface area contributed by atoms with Crippen molar-refractivity contribution >= 4 is 6.29 Å². The third-order valence-corrected chi connectivity index (χ3v) is 3.93. The van der Waals surface area contributed by atoms with E-state index in [4.69, 9.17) is 5.73 Å². The Balaban J connectivity index is 2.45. The van der Waals surface area contributed by atoms with Crippen molar-refractivity contribution in [2.45, 2.75) is 37.5 Å². The molecule has 1 fully saturated rings. The summed E-state index contributed by atoms with van der Waals surface area (Å²) in [5, 5.41) is 9.43. The fourth-order valence-corrected chi connectivity index (χ4v) is 2.94. The molecule has 0 aromatic heterocycles. The second kappa shape index (κ2) is 4.88. The first-order chi connectivity index (χ1) is 8.22. The van der Waals surface area contributed by atoms with Crippen LogP contribution in [0.3, 0.4) is 0 Å². The Hall–Kier alpha value is -1.35. The van der Waals surface area contributed by atoms with Crippen molar-refractivity contribution in [2.75, 3.05) is 6.54 Å². The molecule has 0 bridgehead atoms. The number of phenolic OH excluding ortho intramolecular Hbond substituents is 1. The summed E-state index contributed by atoms with van der Waals surface area (Å²) in [4.78, 5) is 11.1. The third kappa shape index (κ3) is 2.20. The molecule has 0 unspecified atom stereocenters. The predicted octanol–water partition coefficient (Wildman–Crippen LogP) is 2.37. The Bertz CT molecular complexity index is 409. The highest BCUT2D eigenvalue weighted by atomic mass is 16.3. The maximum Gasteiger partial charge on any atom is 0.150 e. The molecule has 3 N–H and O–H groups in total. The van der Waals surface area contributed by atoms with E-state index in [1.54, 1.807) is 6.07 Å². The van der Waals surface area contributed by atoms with Crippen LogP contribution < -0.4 is 5.73 Å². The van der Waals surface area contributed by atoms with Crippen molar-refractivity contribution in [3.63, 3.8) is 0 Å². The van der Waals surface area contributed by atoms with Crippen molar-refractivity contribution in [2.24, 2.45) is 5.73 Å². The van der Waals surface area contributed by atoms with E-state index in [0.717, 1.165) is 37.5 Å². The monoisotopic (exact) mass is 233 g/mol. The zero-order chi connectivity index (χ0) is 12.3. The highest BCUT2D eigenvalue weighted by Gasteiger charge is 2.34. The molecule has 0 aliphatic heterocycles. The van der Waals surface area contributed by atoms with Gasteiger partial charge in [-0.2, -0.15) is 0 Å². The van der Waals surface area contributed by atoms with Crippen molar-refractivity contribution < 1.29 is 9.90 Å². The number of hydrogen-bond acceptors (Lipinski definition) is 3. The first-order valence-electron chi connectivity index (χ1n) is 6.20. The van der Waals surface area contributed by atoms with E-state index in [1.807, 2.05) is 6.07 Å². The van der Waals surface area contributed by atoms with E-state index in [0.29, 0.717) is 12.1 Å².